The summed E-state index contributed by atoms with van der Waals surface area (Å²) in [5.74, 6) is -0.331. The Labute approximate surface area is 121 Å². The molecule has 0 aliphatic carbocycles. The van der Waals surface area contributed by atoms with Crippen LogP contribution < -0.4 is 5.32 Å². The minimum absolute atomic E-state index is 0.181. The van der Waals surface area contributed by atoms with Gasteiger partial charge in [0.05, 0.1) is 6.04 Å². The lowest BCUT2D eigenvalue weighted by Crippen LogP contribution is -2.19. The van der Waals surface area contributed by atoms with Gasteiger partial charge in [-0.1, -0.05) is 11.6 Å². The summed E-state index contributed by atoms with van der Waals surface area (Å²) < 4.78 is 32.3. The molecular formula is C15H16ClF2NO. The van der Waals surface area contributed by atoms with Gasteiger partial charge in [0.25, 0.3) is 0 Å². The molecule has 1 heterocycles. The van der Waals surface area contributed by atoms with Gasteiger partial charge in [-0.15, -0.1) is 0 Å². The second kappa shape index (κ2) is 5.54. The largest absolute Gasteiger partial charge is 0.466 e. The van der Waals surface area contributed by atoms with Crippen LogP contribution in [0.1, 0.15) is 34.3 Å². The van der Waals surface area contributed by atoms with Crippen LogP contribution in [0.4, 0.5) is 8.78 Å². The molecule has 0 saturated carbocycles. The highest BCUT2D eigenvalue weighted by Crippen LogP contribution is 2.35. The summed E-state index contributed by atoms with van der Waals surface area (Å²) in [6.45, 7) is 5.64. The number of rotatable bonds is 3. The van der Waals surface area contributed by atoms with Gasteiger partial charge in [-0.25, -0.2) is 8.78 Å². The molecule has 2 nitrogen and oxygen atoms in total. The summed E-state index contributed by atoms with van der Waals surface area (Å²) >= 11 is 6.06. The van der Waals surface area contributed by atoms with E-state index in [-0.39, 0.29) is 11.1 Å². The van der Waals surface area contributed by atoms with E-state index in [2.05, 4.69) is 5.32 Å². The van der Waals surface area contributed by atoms with Crippen LogP contribution in [0, 0.1) is 32.4 Å². The smallest absolute Gasteiger partial charge is 0.160 e. The number of aryl methyl sites for hydroxylation is 2. The third-order valence-corrected chi connectivity index (χ3v) is 3.87. The second-order valence-electron chi connectivity index (χ2n) is 4.76. The van der Waals surface area contributed by atoms with Crippen molar-refractivity contribution in [1.82, 2.24) is 5.32 Å². The average molecular weight is 300 g/mol. The second-order valence-corrected chi connectivity index (χ2v) is 5.17. The van der Waals surface area contributed by atoms with Gasteiger partial charge < -0.3 is 9.73 Å². The first-order chi connectivity index (χ1) is 9.36. The van der Waals surface area contributed by atoms with Crippen molar-refractivity contribution in [3.63, 3.8) is 0 Å². The normalized spacial score (nSPS) is 12.8. The summed E-state index contributed by atoms with van der Waals surface area (Å²) in [6.07, 6.45) is 0. The van der Waals surface area contributed by atoms with Gasteiger partial charge >= 0.3 is 0 Å². The van der Waals surface area contributed by atoms with Crippen molar-refractivity contribution >= 4 is 11.6 Å². The van der Waals surface area contributed by atoms with Crippen molar-refractivity contribution in [3.05, 3.63) is 57.0 Å². The van der Waals surface area contributed by atoms with E-state index in [0.717, 1.165) is 34.8 Å². The zero-order valence-corrected chi connectivity index (χ0v) is 12.5. The molecular weight excluding hydrogens is 284 g/mol. The lowest BCUT2D eigenvalue weighted by atomic mass is 9.95. The molecule has 5 heteroatoms. The maximum absolute atomic E-state index is 13.5. The topological polar surface area (TPSA) is 25.2 Å². The van der Waals surface area contributed by atoms with E-state index in [1.54, 1.807) is 7.05 Å². The monoisotopic (exact) mass is 299 g/mol. The molecule has 0 radical (unpaired) electrons. The number of benzene rings is 1. The van der Waals surface area contributed by atoms with Crippen molar-refractivity contribution < 1.29 is 13.2 Å². The zero-order chi connectivity index (χ0) is 15.0. The molecule has 0 fully saturated rings. The Balaban J connectivity index is 2.61. The van der Waals surface area contributed by atoms with Gasteiger partial charge in [-0.2, -0.15) is 0 Å². The fourth-order valence-corrected chi connectivity index (χ4v) is 2.71. The first kappa shape index (κ1) is 15.0. The molecule has 0 saturated heterocycles. The first-order valence-electron chi connectivity index (χ1n) is 6.25. The Morgan fingerprint density at radius 2 is 1.70 bits per heavy atom. The van der Waals surface area contributed by atoms with Crippen molar-refractivity contribution in [1.29, 1.82) is 0 Å². The average Bonchev–Trinajstić information content (AvgIpc) is 2.63. The highest BCUT2D eigenvalue weighted by molar-refractivity contribution is 6.31. The summed E-state index contributed by atoms with van der Waals surface area (Å²) in [6, 6.07) is 1.77. The maximum Gasteiger partial charge on any atom is 0.160 e. The molecule has 1 N–H and O–H groups in total. The molecule has 2 aromatic rings. The lowest BCUT2D eigenvalue weighted by molar-refractivity contribution is 0.493. The van der Waals surface area contributed by atoms with Crippen molar-refractivity contribution in [2.45, 2.75) is 26.8 Å². The minimum atomic E-state index is -0.953. The molecule has 0 spiro atoms. The Morgan fingerprint density at radius 3 is 2.20 bits per heavy atom. The van der Waals surface area contributed by atoms with E-state index in [1.165, 1.54) is 0 Å². The zero-order valence-electron chi connectivity index (χ0n) is 11.8. The molecule has 1 aromatic carbocycles. The summed E-state index contributed by atoms with van der Waals surface area (Å²) in [4.78, 5) is 0. The molecule has 0 aliphatic rings. The molecule has 1 aromatic heterocycles. The van der Waals surface area contributed by atoms with Crippen LogP contribution in [-0.4, -0.2) is 7.05 Å². The molecule has 0 bridgehead atoms. The Hall–Kier alpha value is -1.39. The van der Waals surface area contributed by atoms with Crippen molar-refractivity contribution in [2.24, 2.45) is 0 Å². The van der Waals surface area contributed by atoms with E-state index in [1.807, 2.05) is 20.8 Å². The molecule has 0 amide bonds. The molecule has 108 valence electrons. The van der Waals surface area contributed by atoms with Crippen LogP contribution in [0.15, 0.2) is 16.5 Å². The van der Waals surface area contributed by atoms with Gasteiger partial charge in [0, 0.05) is 10.6 Å². The summed E-state index contributed by atoms with van der Waals surface area (Å²) in [5, 5.41) is 3.26. The quantitative estimate of drug-likeness (QED) is 0.847. The molecule has 0 aliphatic heterocycles. The molecule has 1 atom stereocenters. The number of hydrogen-bond donors (Lipinski definition) is 1. The predicted molar refractivity (Wildman–Crippen MR) is 75.2 cm³/mol. The highest BCUT2D eigenvalue weighted by atomic mass is 35.5. The first-order valence-corrected chi connectivity index (χ1v) is 6.62. The van der Waals surface area contributed by atoms with Crippen LogP contribution >= 0.6 is 11.6 Å². The Kier molecular flexibility index (Phi) is 4.16. The van der Waals surface area contributed by atoms with Gasteiger partial charge in [0.2, 0.25) is 0 Å². The standard InChI is InChI=1S/C15H16ClF2NO/c1-7-8(2)20-9(3)14(7)15(19-4)10-5-12(17)13(18)6-11(10)16/h5-6,15,19H,1-4H3. The van der Waals surface area contributed by atoms with E-state index < -0.39 is 11.6 Å². The SMILES string of the molecule is CNC(c1cc(F)c(F)cc1Cl)c1c(C)oc(C)c1C. The number of halogens is 3. The molecule has 1 unspecified atom stereocenters. The highest BCUT2D eigenvalue weighted by Gasteiger charge is 2.24. The van der Waals surface area contributed by atoms with Crippen LogP contribution in [0.2, 0.25) is 5.02 Å². The van der Waals surface area contributed by atoms with Gasteiger partial charge in [0.1, 0.15) is 11.5 Å². The third-order valence-electron chi connectivity index (χ3n) is 3.55. The van der Waals surface area contributed by atoms with E-state index >= 15 is 0 Å². The Bertz CT molecular complexity index is 652. The van der Waals surface area contributed by atoms with Crippen LogP contribution in [0.5, 0.6) is 0 Å². The van der Waals surface area contributed by atoms with E-state index in [4.69, 9.17) is 16.0 Å². The summed E-state index contributed by atoms with van der Waals surface area (Å²) in [5.41, 5.74) is 2.36. The van der Waals surface area contributed by atoms with Crippen LogP contribution in [0.25, 0.3) is 0 Å². The van der Waals surface area contributed by atoms with E-state index in [9.17, 15) is 8.78 Å². The fourth-order valence-electron chi connectivity index (χ4n) is 2.45. The third kappa shape index (κ3) is 2.45. The van der Waals surface area contributed by atoms with Crippen LogP contribution in [-0.2, 0) is 0 Å². The van der Waals surface area contributed by atoms with Gasteiger partial charge in [-0.3, -0.25) is 0 Å². The summed E-state index contributed by atoms with van der Waals surface area (Å²) in [7, 11) is 1.74. The van der Waals surface area contributed by atoms with Crippen LogP contribution in [0.3, 0.4) is 0 Å². The molecule has 2 rings (SSSR count). The lowest BCUT2D eigenvalue weighted by Gasteiger charge is -2.19. The number of nitrogens with one attached hydrogen (secondary N) is 1. The van der Waals surface area contributed by atoms with Crippen molar-refractivity contribution in [2.75, 3.05) is 7.05 Å². The fraction of sp³-hybridized carbons (Fsp3) is 0.333. The van der Waals surface area contributed by atoms with Gasteiger partial charge in [0.15, 0.2) is 11.6 Å². The van der Waals surface area contributed by atoms with Crippen molar-refractivity contribution in [3.8, 4) is 0 Å². The number of furan rings is 1. The maximum atomic E-state index is 13.5. The predicted octanol–water partition coefficient (Wildman–Crippen LogP) is 4.45. The minimum Gasteiger partial charge on any atom is -0.466 e. The van der Waals surface area contributed by atoms with E-state index in [0.29, 0.717) is 5.56 Å². The molecule has 20 heavy (non-hydrogen) atoms. The number of hydrogen-bond acceptors (Lipinski definition) is 2. The Morgan fingerprint density at radius 1 is 1.10 bits per heavy atom. The van der Waals surface area contributed by atoms with Gasteiger partial charge in [-0.05, 0) is 51.1 Å².